The van der Waals surface area contributed by atoms with Crippen molar-refractivity contribution in [3.8, 4) is 5.75 Å². The van der Waals surface area contributed by atoms with Crippen LogP contribution in [0.2, 0.25) is 5.02 Å². The van der Waals surface area contributed by atoms with Crippen LogP contribution < -0.4 is 19.9 Å². The van der Waals surface area contributed by atoms with Gasteiger partial charge in [0.2, 0.25) is 0 Å². The van der Waals surface area contributed by atoms with Gasteiger partial charge in [-0.05, 0) is 32.0 Å². The average Bonchev–Trinajstić information content (AvgIpc) is 3.06. The smallest absolute Gasteiger partial charge is 0.282 e. The first-order chi connectivity index (χ1) is 13.0. The number of carbonyl (C=O) groups is 1. The number of benzene rings is 1. The molecule has 2 heterocycles. The van der Waals surface area contributed by atoms with Gasteiger partial charge in [0.25, 0.3) is 5.91 Å². The summed E-state index contributed by atoms with van der Waals surface area (Å²) in [4.78, 5) is 15.5. The quantitative estimate of drug-likeness (QED) is 0.642. The number of quaternary nitrogens is 2. The molecule has 1 aromatic heterocycles. The first-order valence-electron chi connectivity index (χ1n) is 9.21. The largest absolute Gasteiger partial charge is 0.495 e. The van der Waals surface area contributed by atoms with Crippen molar-refractivity contribution in [2.24, 2.45) is 0 Å². The van der Waals surface area contributed by atoms with E-state index in [4.69, 9.17) is 20.9 Å². The zero-order valence-corrected chi connectivity index (χ0v) is 16.7. The van der Waals surface area contributed by atoms with Crippen LogP contribution in [0.3, 0.4) is 0 Å². The van der Waals surface area contributed by atoms with Crippen molar-refractivity contribution in [1.82, 2.24) is 5.16 Å². The fraction of sp³-hybridized carbons (Fsp3) is 0.474. The van der Waals surface area contributed by atoms with E-state index in [1.54, 1.807) is 25.3 Å². The number of hydrogen-bond donors (Lipinski definition) is 3. The molecule has 3 N–H and O–H groups in total. The van der Waals surface area contributed by atoms with Crippen LogP contribution in [0.15, 0.2) is 28.8 Å². The minimum atomic E-state index is -0.149. The number of methoxy groups -OCH3 is 1. The highest BCUT2D eigenvalue weighted by molar-refractivity contribution is 6.31. The number of amides is 1. The van der Waals surface area contributed by atoms with Gasteiger partial charge in [-0.2, -0.15) is 0 Å². The fourth-order valence-electron chi connectivity index (χ4n) is 3.50. The first kappa shape index (κ1) is 19.7. The van der Waals surface area contributed by atoms with Crippen LogP contribution in [0.4, 0.5) is 5.69 Å². The number of aryl methyl sites for hydroxylation is 1. The maximum absolute atomic E-state index is 12.7. The summed E-state index contributed by atoms with van der Waals surface area (Å²) in [6.07, 6.45) is 0. The number of halogens is 1. The van der Waals surface area contributed by atoms with Crippen LogP contribution in [-0.4, -0.2) is 50.4 Å². The van der Waals surface area contributed by atoms with Crippen molar-refractivity contribution in [2.75, 3.05) is 38.6 Å². The summed E-state index contributed by atoms with van der Waals surface area (Å²) in [6, 6.07) is 7.04. The summed E-state index contributed by atoms with van der Waals surface area (Å²) in [5.74, 6) is 1.42. The molecule has 1 saturated heterocycles. The monoisotopic (exact) mass is 394 g/mol. The number of anilines is 1. The summed E-state index contributed by atoms with van der Waals surface area (Å²) in [5.41, 5.74) is 1.59. The normalized spacial score (nSPS) is 20.9. The van der Waals surface area contributed by atoms with Crippen molar-refractivity contribution in [3.63, 3.8) is 0 Å². The van der Waals surface area contributed by atoms with Crippen LogP contribution in [0.25, 0.3) is 0 Å². The molecule has 0 saturated carbocycles. The molecule has 27 heavy (non-hydrogen) atoms. The van der Waals surface area contributed by atoms with Gasteiger partial charge in [-0.3, -0.25) is 4.79 Å². The molecule has 1 fully saturated rings. The van der Waals surface area contributed by atoms with Gasteiger partial charge in [0.05, 0.1) is 12.8 Å². The topological polar surface area (TPSA) is 73.2 Å². The van der Waals surface area contributed by atoms with Crippen molar-refractivity contribution in [3.05, 3.63) is 40.7 Å². The maximum Gasteiger partial charge on any atom is 0.282 e. The third-order valence-electron chi connectivity index (χ3n) is 5.13. The van der Waals surface area contributed by atoms with Gasteiger partial charge < -0.3 is 24.4 Å². The Bertz CT molecular complexity index is 787. The van der Waals surface area contributed by atoms with Gasteiger partial charge >= 0.3 is 0 Å². The molecule has 1 aromatic carbocycles. The van der Waals surface area contributed by atoms with Gasteiger partial charge in [0.1, 0.15) is 49.9 Å². The van der Waals surface area contributed by atoms with Gasteiger partial charge in [0.15, 0.2) is 6.04 Å². The molecule has 0 bridgehead atoms. The Morgan fingerprint density at radius 3 is 2.70 bits per heavy atom. The van der Waals surface area contributed by atoms with Crippen molar-refractivity contribution in [1.29, 1.82) is 0 Å². The Morgan fingerprint density at radius 2 is 2.07 bits per heavy atom. The van der Waals surface area contributed by atoms with Gasteiger partial charge in [0, 0.05) is 11.1 Å². The number of nitrogens with one attached hydrogen (secondary N) is 3. The van der Waals surface area contributed by atoms with Crippen molar-refractivity contribution >= 4 is 23.2 Å². The summed E-state index contributed by atoms with van der Waals surface area (Å²) < 4.78 is 10.4. The average molecular weight is 395 g/mol. The summed E-state index contributed by atoms with van der Waals surface area (Å²) in [5, 5.41) is 7.59. The summed E-state index contributed by atoms with van der Waals surface area (Å²) in [6.45, 7) is 8.61. The molecule has 1 aliphatic heterocycles. The second-order valence-corrected chi connectivity index (χ2v) is 7.51. The highest BCUT2D eigenvalue weighted by Gasteiger charge is 2.31. The van der Waals surface area contributed by atoms with Crippen LogP contribution in [0.1, 0.15) is 18.4 Å². The molecule has 8 heteroatoms. The van der Waals surface area contributed by atoms with E-state index in [1.807, 2.05) is 19.9 Å². The molecule has 0 aliphatic carbocycles. The lowest BCUT2D eigenvalue weighted by Crippen LogP contribution is -3.29. The van der Waals surface area contributed by atoms with E-state index in [2.05, 4.69) is 10.5 Å². The third kappa shape index (κ3) is 5.00. The molecular formula is C19H27ClN4O3+2. The lowest BCUT2D eigenvalue weighted by molar-refractivity contribution is -1.02. The predicted octanol–water partition coefficient (Wildman–Crippen LogP) is -0.0444. The first-order valence-corrected chi connectivity index (χ1v) is 9.59. The molecule has 7 nitrogen and oxygen atoms in total. The molecule has 2 aromatic rings. The molecule has 0 spiro atoms. The van der Waals surface area contributed by atoms with Crippen molar-refractivity contribution in [2.45, 2.75) is 26.4 Å². The number of hydrogen-bond acceptors (Lipinski definition) is 4. The van der Waals surface area contributed by atoms with Crippen LogP contribution >= 0.6 is 11.6 Å². The fourth-order valence-corrected chi connectivity index (χ4v) is 3.67. The van der Waals surface area contributed by atoms with E-state index in [-0.39, 0.29) is 11.9 Å². The highest BCUT2D eigenvalue weighted by Crippen LogP contribution is 2.27. The predicted molar refractivity (Wildman–Crippen MR) is 102 cm³/mol. The summed E-state index contributed by atoms with van der Waals surface area (Å²) >= 11 is 6.04. The molecule has 1 aliphatic rings. The highest BCUT2D eigenvalue weighted by atomic mass is 35.5. The molecular weight excluding hydrogens is 368 g/mol. The van der Waals surface area contributed by atoms with Crippen molar-refractivity contribution < 1.29 is 23.9 Å². The minimum absolute atomic E-state index is 0.0267. The van der Waals surface area contributed by atoms with E-state index < -0.39 is 0 Å². The number of ether oxygens (including phenoxy) is 1. The number of rotatable bonds is 6. The third-order valence-corrected chi connectivity index (χ3v) is 5.37. The van der Waals surface area contributed by atoms with E-state index in [1.165, 1.54) is 9.80 Å². The minimum Gasteiger partial charge on any atom is -0.495 e. The van der Waals surface area contributed by atoms with Gasteiger partial charge in [-0.25, -0.2) is 0 Å². The molecule has 1 atom stereocenters. The van der Waals surface area contributed by atoms with Crippen LogP contribution in [0, 0.1) is 6.92 Å². The SMILES string of the molecule is COc1ccc(Cl)cc1NC(=O)[C@H](C)[NH+]1CC[NH+](Cc2cc(C)on2)CC1. The lowest BCUT2D eigenvalue weighted by Gasteiger charge is -2.32. The number of carbonyl (C=O) groups excluding carboxylic acids is 1. The lowest BCUT2D eigenvalue weighted by atomic mass is 10.2. The maximum atomic E-state index is 12.7. The number of nitrogens with zero attached hydrogens (tertiary/aromatic N) is 1. The second-order valence-electron chi connectivity index (χ2n) is 7.07. The Morgan fingerprint density at radius 1 is 1.33 bits per heavy atom. The van der Waals surface area contributed by atoms with Gasteiger partial charge in [-0.15, -0.1) is 0 Å². The Balaban J connectivity index is 1.53. The molecule has 146 valence electrons. The van der Waals surface area contributed by atoms with Crippen LogP contribution in [-0.2, 0) is 11.3 Å². The van der Waals surface area contributed by atoms with E-state index in [0.717, 1.165) is 44.2 Å². The zero-order chi connectivity index (χ0) is 19.4. The summed E-state index contributed by atoms with van der Waals surface area (Å²) in [7, 11) is 1.58. The Labute approximate surface area is 164 Å². The second kappa shape index (κ2) is 8.73. The number of aromatic nitrogens is 1. The molecule has 0 radical (unpaired) electrons. The molecule has 1 amide bonds. The molecule has 0 unspecified atom stereocenters. The standard InChI is InChI=1S/C19H25ClN4O3/c1-13-10-16(22-27-13)12-23-6-8-24(9-7-23)14(2)19(25)21-17-11-15(20)4-5-18(17)26-3/h4-5,10-11,14H,6-9,12H2,1-3H3,(H,21,25)/p+2/t14-/m0/s1. The van der Waals surface area contributed by atoms with E-state index >= 15 is 0 Å². The van der Waals surface area contributed by atoms with E-state index in [0.29, 0.717) is 16.5 Å². The Kier molecular flexibility index (Phi) is 6.36. The Hall–Kier alpha value is -2.09. The van der Waals surface area contributed by atoms with Crippen LogP contribution in [0.5, 0.6) is 5.75 Å². The zero-order valence-electron chi connectivity index (χ0n) is 16.0. The van der Waals surface area contributed by atoms with Gasteiger partial charge in [-0.1, -0.05) is 16.8 Å². The van der Waals surface area contributed by atoms with E-state index in [9.17, 15) is 4.79 Å². The number of piperazine rings is 1. The molecule has 3 rings (SSSR count).